The summed E-state index contributed by atoms with van der Waals surface area (Å²) in [6, 6.07) is 1.08. The van der Waals surface area contributed by atoms with E-state index < -0.39 is 10.9 Å². The number of aromatic carboxylic acids is 1. The Morgan fingerprint density at radius 3 is 3.00 bits per heavy atom. The average molecular weight is 279 g/mol. The molecule has 0 bridgehead atoms. The van der Waals surface area contributed by atoms with Gasteiger partial charge in [-0.2, -0.15) is 0 Å². The number of hydrogen-bond acceptors (Lipinski definition) is 5. The SMILES string of the molecule is CCCC1CCN(c2ncc([N+](=O)[O-])cc2C(=O)O)C1. The first-order chi connectivity index (χ1) is 9.52. The highest BCUT2D eigenvalue weighted by atomic mass is 16.6. The van der Waals surface area contributed by atoms with Crippen LogP contribution in [-0.4, -0.2) is 34.1 Å². The second-order valence-corrected chi connectivity index (χ2v) is 5.02. The lowest BCUT2D eigenvalue weighted by molar-refractivity contribution is -0.385. The van der Waals surface area contributed by atoms with E-state index in [9.17, 15) is 20.0 Å². The van der Waals surface area contributed by atoms with Crippen LogP contribution in [0.4, 0.5) is 11.5 Å². The lowest BCUT2D eigenvalue weighted by Crippen LogP contribution is -2.23. The van der Waals surface area contributed by atoms with Gasteiger partial charge in [0.2, 0.25) is 0 Å². The minimum absolute atomic E-state index is 0.101. The summed E-state index contributed by atoms with van der Waals surface area (Å²) in [6.07, 6.45) is 4.32. The molecule has 7 heteroatoms. The van der Waals surface area contributed by atoms with Crippen molar-refractivity contribution in [1.82, 2.24) is 4.98 Å². The number of carbonyl (C=O) groups is 1. The monoisotopic (exact) mass is 279 g/mol. The van der Waals surface area contributed by atoms with Crippen molar-refractivity contribution in [3.8, 4) is 0 Å². The number of carboxylic acids is 1. The summed E-state index contributed by atoms with van der Waals surface area (Å²) in [7, 11) is 0. The molecule has 0 saturated carbocycles. The van der Waals surface area contributed by atoms with Gasteiger partial charge in [0.1, 0.15) is 17.6 Å². The molecule has 1 fully saturated rings. The first-order valence-electron chi connectivity index (χ1n) is 6.65. The molecule has 1 aromatic heterocycles. The van der Waals surface area contributed by atoms with Crippen LogP contribution in [0.1, 0.15) is 36.5 Å². The molecular weight excluding hydrogens is 262 g/mol. The van der Waals surface area contributed by atoms with E-state index >= 15 is 0 Å². The van der Waals surface area contributed by atoms with Gasteiger partial charge in [-0.3, -0.25) is 10.1 Å². The van der Waals surface area contributed by atoms with Gasteiger partial charge in [-0.25, -0.2) is 9.78 Å². The Morgan fingerprint density at radius 1 is 1.65 bits per heavy atom. The summed E-state index contributed by atoms with van der Waals surface area (Å²) in [5, 5.41) is 19.9. The maximum atomic E-state index is 11.3. The molecule has 1 saturated heterocycles. The second-order valence-electron chi connectivity index (χ2n) is 5.02. The Morgan fingerprint density at radius 2 is 2.40 bits per heavy atom. The summed E-state index contributed by atoms with van der Waals surface area (Å²) in [5.41, 5.74) is -0.396. The van der Waals surface area contributed by atoms with Crippen LogP contribution < -0.4 is 4.90 Å². The molecule has 1 unspecified atom stereocenters. The fourth-order valence-electron chi connectivity index (χ4n) is 2.62. The molecule has 2 rings (SSSR count). The molecule has 0 spiro atoms. The number of pyridine rings is 1. The fourth-order valence-corrected chi connectivity index (χ4v) is 2.62. The molecule has 20 heavy (non-hydrogen) atoms. The number of nitrogens with zero attached hydrogens (tertiary/aromatic N) is 3. The minimum atomic E-state index is -1.19. The number of aromatic nitrogens is 1. The molecule has 1 aliphatic heterocycles. The van der Waals surface area contributed by atoms with Crippen LogP contribution in [0.3, 0.4) is 0 Å². The zero-order valence-electron chi connectivity index (χ0n) is 11.3. The molecule has 0 radical (unpaired) electrons. The van der Waals surface area contributed by atoms with E-state index in [-0.39, 0.29) is 11.3 Å². The first-order valence-corrected chi connectivity index (χ1v) is 6.65. The van der Waals surface area contributed by atoms with Gasteiger partial charge >= 0.3 is 5.97 Å². The molecule has 2 heterocycles. The number of rotatable bonds is 5. The predicted molar refractivity (Wildman–Crippen MR) is 73.1 cm³/mol. The largest absolute Gasteiger partial charge is 0.478 e. The molecule has 1 atom stereocenters. The highest BCUT2D eigenvalue weighted by Crippen LogP contribution is 2.29. The summed E-state index contributed by atoms with van der Waals surface area (Å²) < 4.78 is 0. The molecular formula is C13H17N3O4. The molecule has 1 aromatic rings. The van der Waals surface area contributed by atoms with Crippen molar-refractivity contribution in [2.75, 3.05) is 18.0 Å². The first kappa shape index (κ1) is 14.2. The van der Waals surface area contributed by atoms with Crippen LogP contribution in [0, 0.1) is 16.0 Å². The van der Waals surface area contributed by atoms with Crippen molar-refractivity contribution in [1.29, 1.82) is 0 Å². The smallest absolute Gasteiger partial charge is 0.339 e. The molecule has 0 amide bonds. The number of hydrogen-bond donors (Lipinski definition) is 1. The second kappa shape index (κ2) is 5.85. The maximum Gasteiger partial charge on any atom is 0.339 e. The van der Waals surface area contributed by atoms with Gasteiger partial charge in [0.05, 0.1) is 4.92 Å². The average Bonchev–Trinajstić information content (AvgIpc) is 2.86. The van der Waals surface area contributed by atoms with Crippen LogP contribution in [0.5, 0.6) is 0 Å². The van der Waals surface area contributed by atoms with Gasteiger partial charge in [0.15, 0.2) is 0 Å². The van der Waals surface area contributed by atoms with Crippen molar-refractivity contribution in [2.24, 2.45) is 5.92 Å². The van der Waals surface area contributed by atoms with Crippen LogP contribution in [-0.2, 0) is 0 Å². The van der Waals surface area contributed by atoms with Crippen LogP contribution in [0.15, 0.2) is 12.3 Å². The van der Waals surface area contributed by atoms with E-state index in [2.05, 4.69) is 11.9 Å². The third-order valence-electron chi connectivity index (χ3n) is 3.58. The molecule has 0 aromatic carbocycles. The van der Waals surface area contributed by atoms with E-state index in [4.69, 9.17) is 0 Å². The van der Waals surface area contributed by atoms with Gasteiger partial charge in [-0.1, -0.05) is 13.3 Å². The standard InChI is InChI=1S/C13H17N3O4/c1-2-3-9-4-5-15(8-9)12-11(13(17)18)6-10(7-14-12)16(19)20/h6-7,9H,2-5,8H2,1H3,(H,17,18). The Hall–Kier alpha value is -2.18. The third kappa shape index (κ3) is 2.87. The molecule has 0 aliphatic carbocycles. The third-order valence-corrected chi connectivity index (χ3v) is 3.58. The maximum absolute atomic E-state index is 11.3. The van der Waals surface area contributed by atoms with Crippen LogP contribution in [0.2, 0.25) is 0 Å². The van der Waals surface area contributed by atoms with E-state index in [1.165, 1.54) is 0 Å². The summed E-state index contributed by atoms with van der Waals surface area (Å²) in [4.78, 5) is 27.3. The van der Waals surface area contributed by atoms with Crippen LogP contribution >= 0.6 is 0 Å². The van der Waals surface area contributed by atoms with E-state index in [0.717, 1.165) is 44.6 Å². The zero-order chi connectivity index (χ0) is 14.7. The van der Waals surface area contributed by atoms with E-state index in [1.807, 2.05) is 4.90 Å². The Bertz CT molecular complexity index is 532. The number of carboxylic acid groups (broad SMARTS) is 1. The zero-order valence-corrected chi connectivity index (χ0v) is 11.3. The van der Waals surface area contributed by atoms with Crippen molar-refractivity contribution in [3.63, 3.8) is 0 Å². The van der Waals surface area contributed by atoms with Crippen molar-refractivity contribution in [2.45, 2.75) is 26.2 Å². The lowest BCUT2D eigenvalue weighted by atomic mass is 10.0. The van der Waals surface area contributed by atoms with Crippen LogP contribution in [0.25, 0.3) is 0 Å². The normalized spacial score (nSPS) is 18.2. The highest BCUT2D eigenvalue weighted by molar-refractivity contribution is 5.94. The number of anilines is 1. The summed E-state index contributed by atoms with van der Waals surface area (Å²) in [5.74, 6) is -0.310. The molecule has 7 nitrogen and oxygen atoms in total. The lowest BCUT2D eigenvalue weighted by Gasteiger charge is -2.19. The topological polar surface area (TPSA) is 96.6 Å². The van der Waals surface area contributed by atoms with Gasteiger partial charge in [-0.15, -0.1) is 0 Å². The Balaban J connectivity index is 2.28. The molecule has 108 valence electrons. The quantitative estimate of drug-likeness (QED) is 0.656. The van der Waals surface area contributed by atoms with Gasteiger partial charge in [0, 0.05) is 19.2 Å². The van der Waals surface area contributed by atoms with Gasteiger partial charge < -0.3 is 10.0 Å². The Labute approximate surface area is 116 Å². The molecule has 1 aliphatic rings. The van der Waals surface area contributed by atoms with E-state index in [0.29, 0.717) is 11.7 Å². The highest BCUT2D eigenvalue weighted by Gasteiger charge is 2.27. The molecule has 1 N–H and O–H groups in total. The van der Waals surface area contributed by atoms with E-state index in [1.54, 1.807) is 0 Å². The van der Waals surface area contributed by atoms with Gasteiger partial charge in [0.25, 0.3) is 5.69 Å². The van der Waals surface area contributed by atoms with Crippen molar-refractivity contribution < 1.29 is 14.8 Å². The minimum Gasteiger partial charge on any atom is -0.478 e. The van der Waals surface area contributed by atoms with Crippen molar-refractivity contribution in [3.05, 3.63) is 27.9 Å². The van der Waals surface area contributed by atoms with Gasteiger partial charge in [-0.05, 0) is 18.8 Å². The number of nitro groups is 1. The van der Waals surface area contributed by atoms with Crippen molar-refractivity contribution >= 4 is 17.5 Å². The summed E-state index contributed by atoms with van der Waals surface area (Å²) in [6.45, 7) is 3.63. The fraction of sp³-hybridized carbons (Fsp3) is 0.538. The summed E-state index contributed by atoms with van der Waals surface area (Å²) >= 11 is 0. The Kier molecular flexibility index (Phi) is 4.16. The predicted octanol–water partition coefficient (Wildman–Crippen LogP) is 2.31.